The number of carbonyl (C=O) groups excluding carboxylic acids is 1. The molecule has 0 aliphatic heterocycles. The van der Waals surface area contributed by atoms with Gasteiger partial charge in [0.1, 0.15) is 12.4 Å². The normalized spacial score (nSPS) is 13.1. The number of para-hydroxylation sites is 2. The summed E-state index contributed by atoms with van der Waals surface area (Å²) in [5.41, 5.74) is 5.54. The lowest BCUT2D eigenvalue weighted by Gasteiger charge is -2.34. The predicted molar refractivity (Wildman–Crippen MR) is 141 cm³/mol. The Kier molecular flexibility index (Phi) is 7.46. The third kappa shape index (κ3) is 5.06. The Bertz CT molecular complexity index is 1220. The standard InChI is InChI=1S/C30H35N3O/c1-5-22(3)33(23(4)6-2)30(34)21-32-28-15-11-10-14-27(28)31-29(32)20-24-16-18-26(19-17-24)25-12-8-7-9-13-25/h7-19,22-23H,5-6,20-21H2,1-4H3. The average Bonchev–Trinajstić information content (AvgIpc) is 3.21. The molecule has 0 bridgehead atoms. The molecule has 0 aliphatic rings. The molecule has 34 heavy (non-hydrogen) atoms. The zero-order valence-electron chi connectivity index (χ0n) is 20.7. The van der Waals surface area contributed by atoms with E-state index in [0.717, 1.165) is 29.7 Å². The number of aromatic nitrogens is 2. The van der Waals surface area contributed by atoms with Gasteiger partial charge in [-0.2, -0.15) is 0 Å². The molecule has 0 spiro atoms. The van der Waals surface area contributed by atoms with Gasteiger partial charge in [0.25, 0.3) is 0 Å². The van der Waals surface area contributed by atoms with Crippen LogP contribution in [0.1, 0.15) is 51.9 Å². The molecule has 1 aromatic heterocycles. The van der Waals surface area contributed by atoms with Gasteiger partial charge in [-0.15, -0.1) is 0 Å². The van der Waals surface area contributed by atoms with Crippen molar-refractivity contribution in [1.29, 1.82) is 0 Å². The summed E-state index contributed by atoms with van der Waals surface area (Å²) in [7, 11) is 0. The van der Waals surface area contributed by atoms with E-state index in [9.17, 15) is 4.79 Å². The summed E-state index contributed by atoms with van der Waals surface area (Å²) in [5.74, 6) is 1.09. The summed E-state index contributed by atoms with van der Waals surface area (Å²) in [4.78, 5) is 20.5. The fraction of sp³-hybridized carbons (Fsp3) is 0.333. The second kappa shape index (κ2) is 10.7. The van der Waals surface area contributed by atoms with Crippen molar-refractivity contribution in [2.24, 2.45) is 0 Å². The van der Waals surface area contributed by atoms with Gasteiger partial charge in [-0.3, -0.25) is 4.79 Å². The Morgan fingerprint density at radius 2 is 1.41 bits per heavy atom. The Morgan fingerprint density at radius 3 is 2.06 bits per heavy atom. The van der Waals surface area contributed by atoms with Crippen LogP contribution in [0.4, 0.5) is 0 Å². The van der Waals surface area contributed by atoms with Crippen LogP contribution in [0.2, 0.25) is 0 Å². The zero-order valence-corrected chi connectivity index (χ0v) is 20.7. The largest absolute Gasteiger partial charge is 0.336 e. The Morgan fingerprint density at radius 1 is 0.824 bits per heavy atom. The smallest absolute Gasteiger partial charge is 0.243 e. The van der Waals surface area contributed by atoms with Crippen molar-refractivity contribution in [3.63, 3.8) is 0 Å². The molecule has 4 rings (SSSR count). The molecule has 176 valence electrons. The van der Waals surface area contributed by atoms with Crippen molar-refractivity contribution in [2.75, 3.05) is 0 Å². The Hall–Kier alpha value is -3.40. The van der Waals surface area contributed by atoms with Crippen LogP contribution in [-0.2, 0) is 17.8 Å². The molecule has 0 aliphatic carbocycles. The van der Waals surface area contributed by atoms with Crippen LogP contribution >= 0.6 is 0 Å². The number of fused-ring (bicyclic) bond motifs is 1. The van der Waals surface area contributed by atoms with E-state index in [-0.39, 0.29) is 18.0 Å². The van der Waals surface area contributed by atoms with Crippen molar-refractivity contribution < 1.29 is 4.79 Å². The van der Waals surface area contributed by atoms with Crippen LogP contribution in [0.3, 0.4) is 0 Å². The molecule has 0 radical (unpaired) electrons. The summed E-state index contributed by atoms with van der Waals surface area (Å²) < 4.78 is 2.11. The maximum Gasteiger partial charge on any atom is 0.243 e. The van der Waals surface area contributed by atoms with E-state index in [0.29, 0.717) is 13.0 Å². The highest BCUT2D eigenvalue weighted by Gasteiger charge is 2.25. The van der Waals surface area contributed by atoms with Crippen LogP contribution in [0.25, 0.3) is 22.2 Å². The lowest BCUT2D eigenvalue weighted by molar-refractivity contribution is -0.136. The Labute approximate surface area is 203 Å². The van der Waals surface area contributed by atoms with Gasteiger partial charge >= 0.3 is 0 Å². The van der Waals surface area contributed by atoms with Crippen molar-refractivity contribution in [1.82, 2.24) is 14.5 Å². The highest BCUT2D eigenvalue weighted by molar-refractivity contribution is 5.81. The highest BCUT2D eigenvalue weighted by Crippen LogP contribution is 2.23. The molecule has 3 aromatic carbocycles. The zero-order chi connectivity index (χ0) is 24.1. The molecule has 0 saturated carbocycles. The number of carbonyl (C=O) groups is 1. The van der Waals surface area contributed by atoms with Gasteiger partial charge in [-0.1, -0.05) is 80.6 Å². The van der Waals surface area contributed by atoms with Gasteiger partial charge < -0.3 is 9.47 Å². The molecule has 1 amide bonds. The van der Waals surface area contributed by atoms with E-state index < -0.39 is 0 Å². The summed E-state index contributed by atoms with van der Waals surface area (Å²) in [6.45, 7) is 8.89. The maximum absolute atomic E-state index is 13.5. The van der Waals surface area contributed by atoms with Gasteiger partial charge in [0.2, 0.25) is 5.91 Å². The summed E-state index contributed by atoms with van der Waals surface area (Å²) in [6, 6.07) is 27.6. The first-order chi connectivity index (χ1) is 16.5. The minimum Gasteiger partial charge on any atom is -0.336 e. The van der Waals surface area contributed by atoms with Gasteiger partial charge in [0.05, 0.1) is 11.0 Å². The SMILES string of the molecule is CCC(C)N(C(=O)Cn1c(Cc2ccc(-c3ccccc3)cc2)nc2ccccc21)C(C)CC. The van der Waals surface area contributed by atoms with E-state index in [2.05, 4.69) is 91.8 Å². The first kappa shape index (κ1) is 23.7. The molecule has 0 fully saturated rings. The second-order valence-electron chi connectivity index (χ2n) is 9.16. The minimum atomic E-state index is 0.160. The molecule has 2 unspecified atom stereocenters. The summed E-state index contributed by atoms with van der Waals surface area (Å²) in [6.07, 6.45) is 2.58. The molecule has 4 heteroatoms. The summed E-state index contributed by atoms with van der Waals surface area (Å²) in [5, 5.41) is 0. The monoisotopic (exact) mass is 453 g/mol. The van der Waals surface area contributed by atoms with Crippen molar-refractivity contribution >= 4 is 16.9 Å². The van der Waals surface area contributed by atoms with Crippen molar-refractivity contribution in [2.45, 2.75) is 65.6 Å². The second-order valence-corrected chi connectivity index (χ2v) is 9.16. The highest BCUT2D eigenvalue weighted by atomic mass is 16.2. The van der Waals surface area contributed by atoms with Crippen LogP contribution in [0, 0.1) is 0 Å². The van der Waals surface area contributed by atoms with Crippen LogP contribution in [0.15, 0.2) is 78.9 Å². The molecule has 2 atom stereocenters. The number of imidazole rings is 1. The average molecular weight is 454 g/mol. The fourth-order valence-electron chi connectivity index (χ4n) is 4.60. The van der Waals surface area contributed by atoms with E-state index in [1.54, 1.807) is 0 Å². The van der Waals surface area contributed by atoms with Crippen LogP contribution < -0.4 is 0 Å². The first-order valence-electron chi connectivity index (χ1n) is 12.4. The lowest BCUT2D eigenvalue weighted by atomic mass is 10.0. The van der Waals surface area contributed by atoms with Crippen LogP contribution in [0.5, 0.6) is 0 Å². The van der Waals surface area contributed by atoms with Crippen LogP contribution in [-0.4, -0.2) is 32.4 Å². The maximum atomic E-state index is 13.5. The molecule has 0 N–H and O–H groups in total. The first-order valence-corrected chi connectivity index (χ1v) is 12.4. The number of hydrogen-bond donors (Lipinski definition) is 0. The molecule has 4 aromatic rings. The summed E-state index contributed by atoms with van der Waals surface area (Å²) >= 11 is 0. The van der Waals surface area contributed by atoms with Gasteiger partial charge in [-0.25, -0.2) is 4.98 Å². The van der Waals surface area contributed by atoms with Gasteiger partial charge in [0.15, 0.2) is 0 Å². The third-order valence-electron chi connectivity index (χ3n) is 6.87. The predicted octanol–water partition coefficient (Wildman–Crippen LogP) is 6.72. The molecule has 0 saturated heterocycles. The molecule has 1 heterocycles. The number of benzene rings is 3. The number of hydrogen-bond acceptors (Lipinski definition) is 2. The minimum absolute atomic E-state index is 0.160. The van der Waals surface area contributed by atoms with E-state index in [4.69, 9.17) is 4.98 Å². The molecular weight excluding hydrogens is 418 g/mol. The lowest BCUT2D eigenvalue weighted by Crippen LogP contribution is -2.45. The molecular formula is C30H35N3O. The topological polar surface area (TPSA) is 38.1 Å². The number of nitrogens with zero attached hydrogens (tertiary/aromatic N) is 3. The van der Waals surface area contributed by atoms with E-state index >= 15 is 0 Å². The van der Waals surface area contributed by atoms with E-state index in [1.165, 1.54) is 16.7 Å². The van der Waals surface area contributed by atoms with Gasteiger partial charge in [-0.05, 0) is 55.5 Å². The molecule has 4 nitrogen and oxygen atoms in total. The van der Waals surface area contributed by atoms with Crippen molar-refractivity contribution in [3.05, 3.63) is 90.3 Å². The van der Waals surface area contributed by atoms with E-state index in [1.807, 2.05) is 24.3 Å². The third-order valence-corrected chi connectivity index (χ3v) is 6.87. The van der Waals surface area contributed by atoms with Gasteiger partial charge in [0, 0.05) is 18.5 Å². The van der Waals surface area contributed by atoms with Crippen molar-refractivity contribution in [3.8, 4) is 11.1 Å². The quantitative estimate of drug-likeness (QED) is 0.282. The number of amides is 1. The number of rotatable bonds is 9. The Balaban J connectivity index is 1.63. The fourth-order valence-corrected chi connectivity index (χ4v) is 4.60.